The van der Waals surface area contributed by atoms with Crippen LogP contribution in [0.4, 0.5) is 11.6 Å². The Labute approximate surface area is 147 Å². The van der Waals surface area contributed by atoms with Crippen LogP contribution in [-0.2, 0) is 6.42 Å². The van der Waals surface area contributed by atoms with Crippen LogP contribution >= 0.6 is 0 Å². The van der Waals surface area contributed by atoms with E-state index in [-0.39, 0.29) is 0 Å². The highest BCUT2D eigenvalue weighted by Crippen LogP contribution is 2.25. The monoisotopic (exact) mass is 337 g/mol. The molecule has 4 rings (SSSR count). The van der Waals surface area contributed by atoms with Gasteiger partial charge in [-0.2, -0.15) is 14.6 Å². The summed E-state index contributed by atoms with van der Waals surface area (Å²) in [5.41, 5.74) is 2.28. The molecule has 1 fully saturated rings. The lowest BCUT2D eigenvalue weighted by molar-refractivity contribution is 0.620. The van der Waals surface area contributed by atoms with Crippen LogP contribution in [0.15, 0.2) is 30.7 Å². The Kier molecular flexibility index (Phi) is 4.21. The third-order valence-electron chi connectivity index (χ3n) is 4.75. The molecule has 130 valence electrons. The molecule has 7 heteroatoms. The van der Waals surface area contributed by atoms with E-state index in [4.69, 9.17) is 0 Å². The Morgan fingerprint density at radius 3 is 3.04 bits per heavy atom. The molecule has 1 aliphatic rings. The summed E-state index contributed by atoms with van der Waals surface area (Å²) in [6.07, 6.45) is 5.47. The van der Waals surface area contributed by atoms with E-state index in [9.17, 15) is 0 Å². The molecule has 0 aromatic carbocycles. The summed E-state index contributed by atoms with van der Waals surface area (Å²) in [5.74, 6) is 3.31. The minimum atomic E-state index is 0.583. The van der Waals surface area contributed by atoms with E-state index in [1.54, 1.807) is 6.33 Å². The van der Waals surface area contributed by atoms with Crippen LogP contribution < -0.4 is 10.2 Å². The number of nitrogens with zero attached hydrogens (tertiary/aromatic N) is 6. The highest BCUT2D eigenvalue weighted by Gasteiger charge is 2.25. The molecule has 0 spiro atoms. The van der Waals surface area contributed by atoms with Crippen molar-refractivity contribution in [2.45, 2.75) is 26.7 Å². The summed E-state index contributed by atoms with van der Waals surface area (Å²) in [5, 5.41) is 7.81. The van der Waals surface area contributed by atoms with Crippen molar-refractivity contribution in [1.29, 1.82) is 0 Å². The molecule has 7 nitrogen and oxygen atoms in total. The van der Waals surface area contributed by atoms with E-state index in [2.05, 4.69) is 56.2 Å². The lowest BCUT2D eigenvalue weighted by Gasteiger charge is -2.20. The minimum Gasteiger partial charge on any atom is -0.370 e. The fourth-order valence-electron chi connectivity index (χ4n) is 3.34. The predicted octanol–water partition coefficient (Wildman–Crippen LogP) is 2.33. The Morgan fingerprint density at radius 1 is 1.28 bits per heavy atom. The van der Waals surface area contributed by atoms with Crippen molar-refractivity contribution < 1.29 is 0 Å². The molecule has 1 aliphatic heterocycles. The van der Waals surface area contributed by atoms with Crippen molar-refractivity contribution in [1.82, 2.24) is 24.6 Å². The normalized spacial score (nSPS) is 17.4. The molecule has 25 heavy (non-hydrogen) atoms. The zero-order valence-electron chi connectivity index (χ0n) is 14.7. The van der Waals surface area contributed by atoms with Gasteiger partial charge in [0.25, 0.3) is 5.78 Å². The van der Waals surface area contributed by atoms with Crippen molar-refractivity contribution >= 4 is 17.4 Å². The van der Waals surface area contributed by atoms with Crippen molar-refractivity contribution in [2.24, 2.45) is 5.92 Å². The molecule has 4 heterocycles. The second-order valence-corrected chi connectivity index (χ2v) is 6.63. The first-order chi connectivity index (χ1) is 12.2. The van der Waals surface area contributed by atoms with E-state index in [0.717, 1.165) is 49.8 Å². The Bertz CT molecular complexity index is 873. The van der Waals surface area contributed by atoms with Crippen LogP contribution in [0.5, 0.6) is 0 Å². The zero-order valence-corrected chi connectivity index (χ0v) is 14.7. The zero-order chi connectivity index (χ0) is 17.2. The largest absolute Gasteiger partial charge is 0.370 e. The minimum absolute atomic E-state index is 0.583. The summed E-state index contributed by atoms with van der Waals surface area (Å²) in [6, 6.07) is 6.24. The average Bonchev–Trinajstić information content (AvgIpc) is 3.28. The summed E-state index contributed by atoms with van der Waals surface area (Å²) in [7, 11) is 0. The lowest BCUT2D eigenvalue weighted by Crippen LogP contribution is -2.25. The van der Waals surface area contributed by atoms with E-state index in [1.807, 2.05) is 16.8 Å². The Morgan fingerprint density at radius 2 is 2.20 bits per heavy atom. The van der Waals surface area contributed by atoms with Gasteiger partial charge in [-0.15, -0.1) is 0 Å². The number of fused-ring (bicyclic) bond motifs is 1. The van der Waals surface area contributed by atoms with Crippen LogP contribution in [-0.4, -0.2) is 44.2 Å². The van der Waals surface area contributed by atoms with E-state index < -0.39 is 0 Å². The fourth-order valence-corrected chi connectivity index (χ4v) is 3.34. The fraction of sp³-hybridized carbons (Fsp3) is 0.444. The molecule has 0 aliphatic carbocycles. The van der Waals surface area contributed by atoms with E-state index in [0.29, 0.717) is 11.7 Å². The third-order valence-corrected chi connectivity index (χ3v) is 4.75. The van der Waals surface area contributed by atoms with E-state index >= 15 is 0 Å². The van der Waals surface area contributed by atoms with Gasteiger partial charge in [0.1, 0.15) is 18.0 Å². The van der Waals surface area contributed by atoms with Crippen LogP contribution in [0.2, 0.25) is 0 Å². The van der Waals surface area contributed by atoms with Crippen LogP contribution in [0.25, 0.3) is 5.78 Å². The highest BCUT2D eigenvalue weighted by atomic mass is 15.4. The maximum Gasteiger partial charge on any atom is 0.254 e. The Balaban J connectivity index is 1.46. The van der Waals surface area contributed by atoms with Gasteiger partial charge in [0.05, 0.1) is 0 Å². The number of pyridine rings is 1. The van der Waals surface area contributed by atoms with Gasteiger partial charge in [-0.05, 0) is 43.4 Å². The van der Waals surface area contributed by atoms with Crippen LogP contribution in [0, 0.1) is 12.8 Å². The van der Waals surface area contributed by atoms with Gasteiger partial charge in [0.15, 0.2) is 0 Å². The molecule has 1 N–H and O–H groups in total. The summed E-state index contributed by atoms with van der Waals surface area (Å²) < 4.78 is 1.84. The molecule has 0 saturated carbocycles. The van der Waals surface area contributed by atoms with E-state index in [1.165, 1.54) is 5.56 Å². The number of rotatable bonds is 5. The first-order valence-electron chi connectivity index (χ1n) is 8.84. The maximum absolute atomic E-state index is 4.53. The molecular weight excluding hydrogens is 314 g/mol. The van der Waals surface area contributed by atoms with Gasteiger partial charge in [-0.3, -0.25) is 0 Å². The molecule has 1 atom stereocenters. The van der Waals surface area contributed by atoms with Crippen molar-refractivity contribution in [3.8, 4) is 0 Å². The van der Waals surface area contributed by atoms with Gasteiger partial charge in [0, 0.05) is 37.6 Å². The van der Waals surface area contributed by atoms with Crippen molar-refractivity contribution in [3.63, 3.8) is 0 Å². The quantitative estimate of drug-likeness (QED) is 0.770. The molecule has 0 radical (unpaired) electrons. The summed E-state index contributed by atoms with van der Waals surface area (Å²) in [6.45, 7) is 7.16. The number of hydrogen-bond acceptors (Lipinski definition) is 6. The van der Waals surface area contributed by atoms with Gasteiger partial charge in [-0.1, -0.05) is 6.92 Å². The summed E-state index contributed by atoms with van der Waals surface area (Å²) in [4.78, 5) is 15.6. The van der Waals surface area contributed by atoms with Gasteiger partial charge in [-0.25, -0.2) is 9.97 Å². The third kappa shape index (κ3) is 3.26. The Hall–Kier alpha value is -2.70. The average molecular weight is 337 g/mol. The molecule has 0 unspecified atom stereocenters. The van der Waals surface area contributed by atoms with Gasteiger partial charge < -0.3 is 10.2 Å². The molecule has 3 aromatic rings. The first kappa shape index (κ1) is 15.8. The smallest absolute Gasteiger partial charge is 0.254 e. The first-order valence-corrected chi connectivity index (χ1v) is 8.84. The highest BCUT2D eigenvalue weighted by molar-refractivity contribution is 5.48. The SMILES string of the molecule is CCc1cc(N2CC[C@@H](CNc3cc(C)ccn3)C2)n2ncnc2n1. The summed E-state index contributed by atoms with van der Waals surface area (Å²) >= 11 is 0. The number of nitrogens with one attached hydrogen (secondary N) is 1. The predicted molar refractivity (Wildman–Crippen MR) is 97.9 cm³/mol. The lowest BCUT2D eigenvalue weighted by atomic mass is 10.1. The molecular formula is C18H23N7. The maximum atomic E-state index is 4.53. The molecule has 1 saturated heterocycles. The molecule has 3 aromatic heterocycles. The second-order valence-electron chi connectivity index (χ2n) is 6.63. The van der Waals surface area contributed by atoms with Gasteiger partial charge in [0.2, 0.25) is 0 Å². The van der Waals surface area contributed by atoms with Gasteiger partial charge >= 0.3 is 0 Å². The topological polar surface area (TPSA) is 71.2 Å². The van der Waals surface area contributed by atoms with Crippen LogP contribution in [0.1, 0.15) is 24.6 Å². The standard InChI is InChI=1S/C18H23N7/c1-3-15-9-17(25-18(23-15)21-12-22-25)24-7-5-14(11-24)10-20-16-8-13(2)4-6-19-16/h4,6,8-9,12,14H,3,5,7,10-11H2,1-2H3,(H,19,20)/t14-/m0/s1. The molecule has 0 amide bonds. The van der Waals surface area contributed by atoms with Crippen LogP contribution in [0.3, 0.4) is 0 Å². The van der Waals surface area contributed by atoms with Crippen molar-refractivity contribution in [3.05, 3.63) is 42.0 Å². The number of hydrogen-bond donors (Lipinski definition) is 1. The van der Waals surface area contributed by atoms with Crippen molar-refractivity contribution in [2.75, 3.05) is 29.9 Å². The number of aryl methyl sites for hydroxylation is 2. The second kappa shape index (κ2) is 6.66. The molecule has 0 bridgehead atoms. The number of anilines is 2. The number of aromatic nitrogens is 5.